The lowest BCUT2D eigenvalue weighted by Crippen LogP contribution is -2.19. The molecule has 4 nitrogen and oxygen atoms in total. The Morgan fingerprint density at radius 2 is 2.14 bits per heavy atom. The first kappa shape index (κ1) is 11.2. The Balaban J connectivity index is 2.96. The minimum atomic E-state index is -1.41. The van der Waals surface area contributed by atoms with Crippen molar-refractivity contribution >= 4 is 38.3 Å². The topological polar surface area (TPSA) is 86.2 Å². The second-order valence-corrected chi connectivity index (χ2v) is 4.92. The highest BCUT2D eigenvalue weighted by Crippen LogP contribution is 2.22. The van der Waals surface area contributed by atoms with E-state index in [1.807, 2.05) is 0 Å². The van der Waals surface area contributed by atoms with Crippen LogP contribution in [0.5, 0.6) is 0 Å². The minimum absolute atomic E-state index is 0.178. The van der Waals surface area contributed by atoms with Crippen molar-refractivity contribution in [3.8, 4) is 0 Å². The zero-order valence-electron chi connectivity index (χ0n) is 7.20. The average molecular weight is 277 g/mol. The maximum absolute atomic E-state index is 11.5. The molecule has 1 amide bonds. The Morgan fingerprint density at radius 1 is 1.50 bits per heavy atom. The van der Waals surface area contributed by atoms with E-state index in [-0.39, 0.29) is 5.75 Å². The van der Waals surface area contributed by atoms with Crippen LogP contribution < -0.4 is 11.5 Å². The van der Waals surface area contributed by atoms with Crippen molar-refractivity contribution in [2.45, 2.75) is 4.90 Å². The number of primary amides is 1. The number of rotatable bonds is 3. The third kappa shape index (κ3) is 2.81. The molecule has 0 aliphatic rings. The average Bonchev–Trinajstić information content (AvgIpc) is 2.01. The van der Waals surface area contributed by atoms with E-state index < -0.39 is 16.7 Å². The summed E-state index contributed by atoms with van der Waals surface area (Å²) < 4.78 is 12.1. The van der Waals surface area contributed by atoms with Crippen LogP contribution in [-0.2, 0) is 15.6 Å². The van der Waals surface area contributed by atoms with Gasteiger partial charge in [0.15, 0.2) is 0 Å². The van der Waals surface area contributed by atoms with Gasteiger partial charge in [-0.05, 0) is 34.1 Å². The molecule has 0 aliphatic carbocycles. The van der Waals surface area contributed by atoms with E-state index >= 15 is 0 Å². The third-order valence-electron chi connectivity index (χ3n) is 1.47. The number of benzene rings is 1. The highest BCUT2D eigenvalue weighted by atomic mass is 79.9. The molecule has 6 heteroatoms. The summed E-state index contributed by atoms with van der Waals surface area (Å²) >= 11 is 3.21. The van der Waals surface area contributed by atoms with Gasteiger partial charge in [0.2, 0.25) is 5.91 Å². The summed E-state index contributed by atoms with van der Waals surface area (Å²) in [5.74, 6) is -0.769. The van der Waals surface area contributed by atoms with Gasteiger partial charge in [0.25, 0.3) is 0 Å². The molecule has 1 aromatic rings. The fourth-order valence-electron chi connectivity index (χ4n) is 0.909. The minimum Gasteiger partial charge on any atom is -0.399 e. The summed E-state index contributed by atoms with van der Waals surface area (Å²) in [7, 11) is -1.41. The molecule has 76 valence electrons. The first-order chi connectivity index (χ1) is 6.50. The molecule has 0 heterocycles. The number of anilines is 1. The Bertz CT molecular complexity index is 395. The molecule has 1 aromatic carbocycles. The van der Waals surface area contributed by atoms with Crippen molar-refractivity contribution in [3.05, 3.63) is 22.7 Å². The fourth-order valence-corrected chi connectivity index (χ4v) is 2.76. The molecule has 0 aliphatic heterocycles. The maximum atomic E-state index is 11.5. The van der Waals surface area contributed by atoms with Gasteiger partial charge in [-0.2, -0.15) is 0 Å². The van der Waals surface area contributed by atoms with Crippen molar-refractivity contribution in [1.82, 2.24) is 0 Å². The highest BCUT2D eigenvalue weighted by Gasteiger charge is 2.10. The molecule has 4 N–H and O–H groups in total. The third-order valence-corrected chi connectivity index (χ3v) is 3.79. The van der Waals surface area contributed by atoms with Crippen LogP contribution in [0.15, 0.2) is 27.6 Å². The van der Waals surface area contributed by atoms with Crippen molar-refractivity contribution in [2.24, 2.45) is 5.73 Å². The quantitative estimate of drug-likeness (QED) is 0.794. The predicted molar refractivity (Wildman–Crippen MR) is 59.0 cm³/mol. The second kappa shape index (κ2) is 4.56. The van der Waals surface area contributed by atoms with E-state index in [9.17, 15) is 9.00 Å². The summed E-state index contributed by atoms with van der Waals surface area (Å²) in [4.78, 5) is 11.1. The summed E-state index contributed by atoms with van der Waals surface area (Å²) in [5.41, 5.74) is 11.0. The number of nitrogen functional groups attached to an aromatic ring is 1. The maximum Gasteiger partial charge on any atom is 0.230 e. The zero-order chi connectivity index (χ0) is 10.7. The molecule has 0 fully saturated rings. The lowest BCUT2D eigenvalue weighted by molar-refractivity contribution is -0.115. The molecule has 0 aromatic heterocycles. The summed E-state index contributed by atoms with van der Waals surface area (Å²) in [5, 5.41) is 0. The van der Waals surface area contributed by atoms with E-state index in [1.165, 1.54) is 0 Å². The summed E-state index contributed by atoms with van der Waals surface area (Å²) in [6, 6.07) is 4.87. The van der Waals surface area contributed by atoms with E-state index in [4.69, 9.17) is 11.5 Å². The first-order valence-electron chi connectivity index (χ1n) is 3.72. The second-order valence-electron chi connectivity index (χ2n) is 2.65. The summed E-state index contributed by atoms with van der Waals surface area (Å²) in [6.45, 7) is 0. The van der Waals surface area contributed by atoms with Crippen LogP contribution in [0.2, 0.25) is 0 Å². The Hall–Kier alpha value is -0.880. The van der Waals surface area contributed by atoms with Gasteiger partial charge in [0.1, 0.15) is 5.75 Å². The molecule has 0 saturated heterocycles. The van der Waals surface area contributed by atoms with Gasteiger partial charge < -0.3 is 11.5 Å². The van der Waals surface area contributed by atoms with Crippen molar-refractivity contribution in [1.29, 1.82) is 0 Å². The monoisotopic (exact) mass is 276 g/mol. The predicted octanol–water partition coefficient (Wildman–Crippen LogP) is 0.624. The van der Waals surface area contributed by atoms with Crippen LogP contribution in [0, 0.1) is 0 Å². The van der Waals surface area contributed by atoms with Gasteiger partial charge in [0.05, 0.1) is 15.7 Å². The lowest BCUT2D eigenvalue weighted by atomic mass is 10.3. The van der Waals surface area contributed by atoms with Gasteiger partial charge in [0, 0.05) is 10.2 Å². The number of halogens is 1. The highest BCUT2D eigenvalue weighted by molar-refractivity contribution is 9.10. The SMILES string of the molecule is NC(=O)CS(=O)c1ccc(N)cc1Br. The Morgan fingerprint density at radius 3 is 2.64 bits per heavy atom. The van der Waals surface area contributed by atoms with Gasteiger partial charge >= 0.3 is 0 Å². The molecule has 1 rings (SSSR count). The van der Waals surface area contributed by atoms with Crippen molar-refractivity contribution in [3.63, 3.8) is 0 Å². The lowest BCUT2D eigenvalue weighted by Gasteiger charge is -2.03. The molecule has 0 spiro atoms. The van der Waals surface area contributed by atoms with Gasteiger partial charge in [-0.25, -0.2) is 0 Å². The molecule has 1 unspecified atom stereocenters. The number of hydrogen-bond donors (Lipinski definition) is 2. The van der Waals surface area contributed by atoms with E-state index in [2.05, 4.69) is 15.9 Å². The van der Waals surface area contributed by atoms with Crippen LogP contribution in [0.25, 0.3) is 0 Å². The van der Waals surface area contributed by atoms with Crippen molar-refractivity contribution < 1.29 is 9.00 Å². The molecular formula is C8H9BrN2O2S. The Kier molecular flexibility index (Phi) is 3.65. The van der Waals surface area contributed by atoms with Crippen molar-refractivity contribution in [2.75, 3.05) is 11.5 Å². The number of nitrogens with two attached hydrogens (primary N) is 2. The van der Waals surface area contributed by atoms with Crippen LogP contribution in [0.4, 0.5) is 5.69 Å². The Labute approximate surface area is 92.2 Å². The largest absolute Gasteiger partial charge is 0.399 e. The van der Waals surface area contributed by atoms with E-state index in [0.29, 0.717) is 15.1 Å². The molecule has 14 heavy (non-hydrogen) atoms. The number of carbonyl (C=O) groups excluding carboxylic acids is 1. The molecule has 1 atom stereocenters. The van der Waals surface area contributed by atoms with E-state index in [1.54, 1.807) is 18.2 Å². The molecular weight excluding hydrogens is 268 g/mol. The van der Waals surface area contributed by atoms with Gasteiger partial charge in [-0.1, -0.05) is 0 Å². The number of carbonyl (C=O) groups is 1. The first-order valence-corrected chi connectivity index (χ1v) is 5.83. The van der Waals surface area contributed by atoms with E-state index in [0.717, 1.165) is 0 Å². The van der Waals surface area contributed by atoms with Crippen LogP contribution in [0.3, 0.4) is 0 Å². The molecule has 0 bridgehead atoms. The van der Waals surface area contributed by atoms with Crippen LogP contribution in [-0.4, -0.2) is 15.9 Å². The summed E-state index contributed by atoms with van der Waals surface area (Å²) in [6.07, 6.45) is 0. The normalized spacial score (nSPS) is 12.4. The van der Waals surface area contributed by atoms with Crippen LogP contribution >= 0.6 is 15.9 Å². The molecule has 0 saturated carbocycles. The van der Waals surface area contributed by atoms with Gasteiger partial charge in [-0.3, -0.25) is 9.00 Å². The fraction of sp³-hybridized carbons (Fsp3) is 0.125. The van der Waals surface area contributed by atoms with Crippen LogP contribution in [0.1, 0.15) is 0 Å². The molecule has 0 radical (unpaired) electrons. The number of amides is 1. The zero-order valence-corrected chi connectivity index (χ0v) is 9.60. The smallest absolute Gasteiger partial charge is 0.230 e. The number of hydrogen-bond acceptors (Lipinski definition) is 3. The van der Waals surface area contributed by atoms with Gasteiger partial charge in [-0.15, -0.1) is 0 Å². The standard InChI is InChI=1S/C8H9BrN2O2S/c9-6-3-5(10)1-2-7(6)14(13)4-8(11)12/h1-3H,4,10H2,(H2,11,12).